The van der Waals surface area contributed by atoms with E-state index in [9.17, 15) is 4.79 Å². The Morgan fingerprint density at radius 2 is 2.00 bits per heavy atom. The number of allylic oxidation sites excluding steroid dienone is 4. The van der Waals surface area contributed by atoms with Crippen molar-refractivity contribution in [2.75, 3.05) is 7.11 Å². The van der Waals surface area contributed by atoms with Crippen molar-refractivity contribution in [1.82, 2.24) is 0 Å². The molecule has 1 aliphatic carbocycles. The van der Waals surface area contributed by atoms with Gasteiger partial charge in [-0.1, -0.05) is 36.4 Å². The fraction of sp³-hybridized carbons (Fsp3) is 0.214. The highest BCUT2D eigenvalue weighted by atomic mass is 16.5. The van der Waals surface area contributed by atoms with Crippen molar-refractivity contribution in [3.63, 3.8) is 0 Å². The van der Waals surface area contributed by atoms with E-state index in [0.717, 1.165) is 11.3 Å². The zero-order chi connectivity index (χ0) is 11.4. The summed E-state index contributed by atoms with van der Waals surface area (Å²) < 4.78 is 5.24. The minimum atomic E-state index is -0.169. The summed E-state index contributed by atoms with van der Waals surface area (Å²) in [6, 6.07) is 9.99. The van der Waals surface area contributed by atoms with E-state index in [4.69, 9.17) is 4.74 Å². The Morgan fingerprint density at radius 1 is 1.25 bits per heavy atom. The van der Waals surface area contributed by atoms with Crippen molar-refractivity contribution >= 4 is 5.78 Å². The normalized spacial score (nSPS) is 19.4. The van der Waals surface area contributed by atoms with Crippen LogP contribution >= 0.6 is 0 Å². The fourth-order valence-corrected chi connectivity index (χ4v) is 1.87. The van der Waals surface area contributed by atoms with Crippen molar-refractivity contribution < 1.29 is 9.53 Å². The lowest BCUT2D eigenvalue weighted by Gasteiger charge is -2.19. The number of rotatable bonds is 3. The number of carbonyl (C=O) groups is 1. The van der Waals surface area contributed by atoms with E-state index in [2.05, 4.69) is 0 Å². The van der Waals surface area contributed by atoms with Crippen LogP contribution in [0.25, 0.3) is 0 Å². The molecule has 1 atom stereocenters. The van der Waals surface area contributed by atoms with Gasteiger partial charge in [0.1, 0.15) is 5.76 Å². The number of carbonyl (C=O) groups excluding carboxylic acids is 1. The molecule has 16 heavy (non-hydrogen) atoms. The molecule has 0 saturated carbocycles. The number of methoxy groups -OCH3 is 1. The molecule has 82 valence electrons. The Bertz CT molecular complexity index is 429. The molecule has 0 amide bonds. The highest BCUT2D eigenvalue weighted by Gasteiger charge is 2.24. The van der Waals surface area contributed by atoms with Crippen LogP contribution in [-0.4, -0.2) is 12.9 Å². The van der Waals surface area contributed by atoms with Crippen molar-refractivity contribution in [3.05, 3.63) is 59.9 Å². The first-order chi connectivity index (χ1) is 7.81. The molecule has 1 aromatic carbocycles. The summed E-state index contributed by atoms with van der Waals surface area (Å²) in [7, 11) is 1.61. The molecule has 0 spiro atoms. The Balaban J connectivity index is 2.17. The maximum atomic E-state index is 11.8. The summed E-state index contributed by atoms with van der Waals surface area (Å²) >= 11 is 0. The van der Waals surface area contributed by atoms with Crippen LogP contribution in [0.3, 0.4) is 0 Å². The number of ether oxygens (including phenoxy) is 1. The standard InChI is InChI=1S/C14H14O2/c1-16-14-9-5-8-13(15)12(14)10-11-6-3-2-4-7-11/h2-9,12H,10H2,1H3. The van der Waals surface area contributed by atoms with Gasteiger partial charge in [-0.3, -0.25) is 4.79 Å². The van der Waals surface area contributed by atoms with Crippen LogP contribution in [0.2, 0.25) is 0 Å². The molecule has 2 nitrogen and oxygen atoms in total. The Morgan fingerprint density at radius 3 is 2.69 bits per heavy atom. The van der Waals surface area contributed by atoms with Gasteiger partial charge < -0.3 is 4.74 Å². The summed E-state index contributed by atoms with van der Waals surface area (Å²) in [5.74, 6) is 0.692. The lowest BCUT2D eigenvalue weighted by Crippen LogP contribution is -2.20. The van der Waals surface area contributed by atoms with Gasteiger partial charge in [-0.25, -0.2) is 0 Å². The predicted molar refractivity (Wildman–Crippen MR) is 62.9 cm³/mol. The summed E-state index contributed by atoms with van der Waals surface area (Å²) in [6.45, 7) is 0. The smallest absolute Gasteiger partial charge is 0.166 e. The second kappa shape index (κ2) is 4.79. The van der Waals surface area contributed by atoms with E-state index in [1.165, 1.54) is 0 Å². The van der Waals surface area contributed by atoms with Crippen LogP contribution in [0.15, 0.2) is 54.3 Å². The van der Waals surface area contributed by atoms with Gasteiger partial charge in [0.15, 0.2) is 5.78 Å². The van der Waals surface area contributed by atoms with Gasteiger partial charge >= 0.3 is 0 Å². The van der Waals surface area contributed by atoms with E-state index in [0.29, 0.717) is 6.42 Å². The third-order valence-electron chi connectivity index (χ3n) is 2.73. The van der Waals surface area contributed by atoms with Gasteiger partial charge in [0, 0.05) is 0 Å². The summed E-state index contributed by atoms with van der Waals surface area (Å²) in [5, 5.41) is 0. The molecule has 1 unspecified atom stereocenters. The maximum Gasteiger partial charge on any atom is 0.166 e. The van der Waals surface area contributed by atoms with Crippen LogP contribution in [0.1, 0.15) is 5.56 Å². The van der Waals surface area contributed by atoms with Gasteiger partial charge in [-0.15, -0.1) is 0 Å². The number of hydrogen-bond acceptors (Lipinski definition) is 2. The van der Waals surface area contributed by atoms with E-state index in [1.54, 1.807) is 19.3 Å². The second-order valence-electron chi connectivity index (χ2n) is 3.78. The molecule has 0 N–H and O–H groups in total. The molecular weight excluding hydrogens is 200 g/mol. The van der Waals surface area contributed by atoms with Crippen LogP contribution < -0.4 is 0 Å². The highest BCUT2D eigenvalue weighted by molar-refractivity contribution is 5.95. The molecule has 0 bridgehead atoms. The molecular formula is C14H14O2. The van der Waals surface area contributed by atoms with Crippen molar-refractivity contribution in [3.8, 4) is 0 Å². The zero-order valence-corrected chi connectivity index (χ0v) is 9.22. The van der Waals surface area contributed by atoms with Gasteiger partial charge in [0.25, 0.3) is 0 Å². The highest BCUT2D eigenvalue weighted by Crippen LogP contribution is 2.22. The third-order valence-corrected chi connectivity index (χ3v) is 2.73. The SMILES string of the molecule is COC1=CC=CC(=O)C1Cc1ccccc1. The van der Waals surface area contributed by atoms with Crippen LogP contribution in [0, 0.1) is 5.92 Å². The molecule has 1 aliphatic rings. The lowest BCUT2D eigenvalue weighted by molar-refractivity contribution is -0.118. The van der Waals surface area contributed by atoms with Crippen molar-refractivity contribution in [2.24, 2.45) is 5.92 Å². The lowest BCUT2D eigenvalue weighted by atomic mass is 9.90. The maximum absolute atomic E-state index is 11.8. The molecule has 0 aliphatic heterocycles. The second-order valence-corrected chi connectivity index (χ2v) is 3.78. The predicted octanol–water partition coefficient (Wildman–Crippen LogP) is 2.51. The Labute approximate surface area is 95.2 Å². The monoisotopic (exact) mass is 214 g/mol. The van der Waals surface area contributed by atoms with Crippen molar-refractivity contribution in [2.45, 2.75) is 6.42 Å². The van der Waals surface area contributed by atoms with Gasteiger partial charge in [0.2, 0.25) is 0 Å². The first-order valence-corrected chi connectivity index (χ1v) is 5.31. The third kappa shape index (κ3) is 2.22. The van der Waals surface area contributed by atoms with E-state index in [-0.39, 0.29) is 11.7 Å². The molecule has 1 aromatic rings. The molecule has 0 aromatic heterocycles. The van der Waals surface area contributed by atoms with Crippen LogP contribution in [0.5, 0.6) is 0 Å². The Hall–Kier alpha value is -1.83. The number of hydrogen-bond donors (Lipinski definition) is 0. The zero-order valence-electron chi connectivity index (χ0n) is 9.22. The minimum Gasteiger partial charge on any atom is -0.500 e. The molecule has 2 heteroatoms. The van der Waals surface area contributed by atoms with Gasteiger partial charge in [-0.2, -0.15) is 0 Å². The molecule has 0 saturated heterocycles. The summed E-state index contributed by atoms with van der Waals surface area (Å²) in [4.78, 5) is 11.8. The molecule has 0 radical (unpaired) electrons. The topological polar surface area (TPSA) is 26.3 Å². The first-order valence-electron chi connectivity index (χ1n) is 5.31. The van der Waals surface area contributed by atoms with E-state index >= 15 is 0 Å². The largest absolute Gasteiger partial charge is 0.500 e. The van der Waals surface area contributed by atoms with Gasteiger partial charge in [-0.05, 0) is 24.1 Å². The summed E-state index contributed by atoms with van der Waals surface area (Å²) in [6.07, 6.45) is 5.90. The van der Waals surface area contributed by atoms with Crippen LogP contribution in [0.4, 0.5) is 0 Å². The summed E-state index contributed by atoms with van der Waals surface area (Å²) in [5.41, 5.74) is 1.15. The minimum absolute atomic E-state index is 0.114. The van der Waals surface area contributed by atoms with Crippen molar-refractivity contribution in [1.29, 1.82) is 0 Å². The number of ketones is 1. The Kier molecular flexibility index (Phi) is 3.20. The first kappa shape index (κ1) is 10.7. The molecule has 0 heterocycles. The van der Waals surface area contributed by atoms with Gasteiger partial charge in [0.05, 0.1) is 13.0 Å². The van der Waals surface area contributed by atoms with E-state index in [1.807, 2.05) is 36.4 Å². The fourth-order valence-electron chi connectivity index (χ4n) is 1.87. The van der Waals surface area contributed by atoms with Crippen LogP contribution in [-0.2, 0) is 16.0 Å². The molecule has 2 rings (SSSR count). The van der Waals surface area contributed by atoms with E-state index < -0.39 is 0 Å². The number of benzene rings is 1. The average Bonchev–Trinajstić information content (AvgIpc) is 2.33. The average molecular weight is 214 g/mol. The quantitative estimate of drug-likeness (QED) is 0.772. The molecule has 0 fully saturated rings.